The number of hydrogen-bond donors (Lipinski definition) is 2. The number of non-ortho nitro benzene ring substituents is 1. The van der Waals surface area contributed by atoms with E-state index in [4.69, 9.17) is 9.47 Å². The molecule has 0 amide bonds. The van der Waals surface area contributed by atoms with Crippen molar-refractivity contribution in [2.45, 2.75) is 39.0 Å². The standard InChI is InChI=1S/C26H30N6O6/c1-15-21(25(33)37-4)23(18-7-5-8-19(13-18)32(35)36)22(16(2)30-15)26(34)38-17(3)31-12-11-27-14-20(31)24-28-9-6-10-29-24/h5-10,13,17,20,23,27,30H,11-12,14H2,1-4H3. The first-order chi connectivity index (χ1) is 18.2. The van der Waals surface area contributed by atoms with Crippen molar-refractivity contribution in [3.8, 4) is 0 Å². The van der Waals surface area contributed by atoms with Gasteiger partial charge in [-0.3, -0.25) is 15.0 Å². The molecule has 1 saturated heterocycles. The van der Waals surface area contributed by atoms with Crippen LogP contribution < -0.4 is 10.6 Å². The lowest BCUT2D eigenvalue weighted by atomic mass is 9.80. The molecule has 0 saturated carbocycles. The van der Waals surface area contributed by atoms with Crippen LogP contribution in [0, 0.1) is 10.1 Å². The molecule has 1 aromatic heterocycles. The fourth-order valence-corrected chi connectivity index (χ4v) is 4.96. The van der Waals surface area contributed by atoms with Gasteiger partial charge in [0, 0.05) is 55.6 Å². The van der Waals surface area contributed by atoms with Crippen molar-refractivity contribution >= 4 is 17.6 Å². The minimum absolute atomic E-state index is 0.159. The molecule has 0 spiro atoms. The monoisotopic (exact) mass is 522 g/mol. The van der Waals surface area contributed by atoms with Gasteiger partial charge in [-0.2, -0.15) is 0 Å². The van der Waals surface area contributed by atoms with Crippen LogP contribution in [0.3, 0.4) is 0 Å². The van der Waals surface area contributed by atoms with E-state index in [-0.39, 0.29) is 22.9 Å². The summed E-state index contributed by atoms with van der Waals surface area (Å²) in [5.41, 5.74) is 1.55. The van der Waals surface area contributed by atoms with Crippen LogP contribution in [0.2, 0.25) is 0 Å². The number of nitrogens with zero attached hydrogens (tertiary/aromatic N) is 4. The van der Waals surface area contributed by atoms with Gasteiger partial charge in [0.25, 0.3) is 5.69 Å². The summed E-state index contributed by atoms with van der Waals surface area (Å²) >= 11 is 0. The molecule has 2 aromatic rings. The van der Waals surface area contributed by atoms with E-state index in [1.165, 1.54) is 25.3 Å². The molecule has 38 heavy (non-hydrogen) atoms. The zero-order valence-corrected chi connectivity index (χ0v) is 21.6. The van der Waals surface area contributed by atoms with E-state index in [0.717, 1.165) is 0 Å². The Morgan fingerprint density at radius 2 is 1.82 bits per heavy atom. The minimum Gasteiger partial charge on any atom is -0.466 e. The van der Waals surface area contributed by atoms with Gasteiger partial charge in [-0.15, -0.1) is 0 Å². The molecular formula is C26H30N6O6. The van der Waals surface area contributed by atoms with Gasteiger partial charge in [0.05, 0.1) is 35.1 Å². The third-order valence-corrected chi connectivity index (χ3v) is 6.71. The van der Waals surface area contributed by atoms with Crippen LogP contribution in [-0.4, -0.2) is 64.7 Å². The predicted molar refractivity (Wildman–Crippen MR) is 136 cm³/mol. The average molecular weight is 523 g/mol. The Kier molecular flexibility index (Phi) is 8.13. The zero-order chi connectivity index (χ0) is 27.4. The van der Waals surface area contributed by atoms with Gasteiger partial charge in [-0.25, -0.2) is 19.6 Å². The van der Waals surface area contributed by atoms with E-state index >= 15 is 0 Å². The molecule has 1 aromatic carbocycles. The zero-order valence-electron chi connectivity index (χ0n) is 21.6. The summed E-state index contributed by atoms with van der Waals surface area (Å²) in [6, 6.07) is 7.39. The SMILES string of the molecule is COC(=O)C1=C(C)NC(C)=C(C(=O)OC(C)N2CCNCC2c2ncccn2)C1c1cccc([N+](=O)[O-])c1. The predicted octanol–water partition coefficient (Wildman–Crippen LogP) is 2.33. The maximum atomic E-state index is 13.8. The molecule has 3 atom stereocenters. The molecule has 2 aliphatic rings. The molecule has 12 nitrogen and oxygen atoms in total. The first kappa shape index (κ1) is 26.9. The van der Waals surface area contributed by atoms with Crippen molar-refractivity contribution < 1.29 is 24.0 Å². The largest absolute Gasteiger partial charge is 0.466 e. The number of nitrogens with one attached hydrogen (secondary N) is 2. The van der Waals surface area contributed by atoms with Crippen LogP contribution >= 0.6 is 0 Å². The fraction of sp³-hybridized carbons (Fsp3) is 0.385. The Hall–Kier alpha value is -4.16. The van der Waals surface area contributed by atoms with Crippen LogP contribution in [0.25, 0.3) is 0 Å². The number of allylic oxidation sites excluding steroid dienone is 2. The maximum Gasteiger partial charge on any atom is 0.338 e. The summed E-state index contributed by atoms with van der Waals surface area (Å²) in [6.45, 7) is 7.04. The van der Waals surface area contributed by atoms with Crippen LogP contribution in [-0.2, 0) is 19.1 Å². The van der Waals surface area contributed by atoms with E-state index in [0.29, 0.717) is 42.4 Å². The van der Waals surface area contributed by atoms with Gasteiger partial charge in [-0.1, -0.05) is 12.1 Å². The maximum absolute atomic E-state index is 13.8. The highest BCUT2D eigenvalue weighted by Gasteiger charge is 2.40. The summed E-state index contributed by atoms with van der Waals surface area (Å²) in [6.07, 6.45) is 2.68. The molecule has 3 heterocycles. The Labute approximate surface area is 219 Å². The molecule has 12 heteroatoms. The second-order valence-electron chi connectivity index (χ2n) is 9.05. The van der Waals surface area contributed by atoms with Crippen molar-refractivity contribution in [2.24, 2.45) is 0 Å². The lowest BCUT2D eigenvalue weighted by molar-refractivity contribution is -0.384. The highest BCUT2D eigenvalue weighted by molar-refractivity contribution is 6.00. The number of methoxy groups -OCH3 is 1. The van der Waals surface area contributed by atoms with Gasteiger partial charge >= 0.3 is 11.9 Å². The molecule has 3 unspecified atom stereocenters. The second-order valence-corrected chi connectivity index (χ2v) is 9.05. The Balaban J connectivity index is 1.69. The molecule has 0 aliphatic carbocycles. The molecule has 1 fully saturated rings. The molecule has 2 N–H and O–H groups in total. The number of aromatic nitrogens is 2. The number of carbonyl (C=O) groups is 2. The summed E-state index contributed by atoms with van der Waals surface area (Å²) in [4.78, 5) is 48.3. The lowest BCUT2D eigenvalue weighted by Crippen LogP contribution is -2.51. The topological polar surface area (TPSA) is 149 Å². The number of nitro benzene ring substituents is 1. The van der Waals surface area contributed by atoms with Gasteiger partial charge < -0.3 is 20.1 Å². The molecule has 0 bridgehead atoms. The van der Waals surface area contributed by atoms with E-state index < -0.39 is 29.0 Å². The summed E-state index contributed by atoms with van der Waals surface area (Å²) in [5, 5.41) is 17.9. The number of esters is 2. The van der Waals surface area contributed by atoms with Crippen molar-refractivity contribution in [3.63, 3.8) is 0 Å². The average Bonchev–Trinajstić information content (AvgIpc) is 2.92. The lowest BCUT2D eigenvalue weighted by Gasteiger charge is -2.39. The van der Waals surface area contributed by atoms with Crippen LogP contribution in [0.1, 0.15) is 44.1 Å². The highest BCUT2D eigenvalue weighted by Crippen LogP contribution is 2.40. The second kappa shape index (κ2) is 11.5. The normalized spacial score (nSPS) is 20.9. The number of benzene rings is 1. The van der Waals surface area contributed by atoms with Crippen molar-refractivity contribution in [2.75, 3.05) is 26.7 Å². The van der Waals surface area contributed by atoms with Gasteiger partial charge in [0.2, 0.25) is 0 Å². The number of piperazine rings is 1. The minimum atomic E-state index is -0.931. The molecule has 0 radical (unpaired) electrons. The third kappa shape index (κ3) is 5.41. The summed E-state index contributed by atoms with van der Waals surface area (Å²) < 4.78 is 11.0. The number of ether oxygens (including phenoxy) is 2. The summed E-state index contributed by atoms with van der Waals surface area (Å²) in [7, 11) is 1.24. The summed E-state index contributed by atoms with van der Waals surface area (Å²) in [5.74, 6) is -1.63. The van der Waals surface area contributed by atoms with Crippen LogP contribution in [0.5, 0.6) is 0 Å². The van der Waals surface area contributed by atoms with Gasteiger partial charge in [0.1, 0.15) is 5.82 Å². The van der Waals surface area contributed by atoms with Crippen molar-refractivity contribution in [1.29, 1.82) is 0 Å². The quantitative estimate of drug-likeness (QED) is 0.313. The van der Waals surface area contributed by atoms with E-state index in [1.54, 1.807) is 45.3 Å². The van der Waals surface area contributed by atoms with Crippen molar-refractivity contribution in [3.05, 3.63) is 86.8 Å². The first-order valence-corrected chi connectivity index (χ1v) is 12.2. The van der Waals surface area contributed by atoms with Crippen LogP contribution in [0.4, 0.5) is 5.69 Å². The van der Waals surface area contributed by atoms with E-state index in [9.17, 15) is 19.7 Å². The first-order valence-electron chi connectivity index (χ1n) is 12.2. The Morgan fingerprint density at radius 3 is 2.47 bits per heavy atom. The number of rotatable bonds is 7. The smallest absolute Gasteiger partial charge is 0.338 e. The molecule has 200 valence electrons. The Bertz CT molecular complexity index is 1290. The van der Waals surface area contributed by atoms with E-state index in [2.05, 4.69) is 20.6 Å². The number of nitro groups is 1. The number of carbonyl (C=O) groups excluding carboxylic acids is 2. The molecule has 4 rings (SSSR count). The van der Waals surface area contributed by atoms with Gasteiger partial charge in [-0.05, 0) is 32.4 Å². The fourth-order valence-electron chi connectivity index (χ4n) is 4.96. The van der Waals surface area contributed by atoms with Gasteiger partial charge in [0.15, 0.2) is 6.23 Å². The highest BCUT2D eigenvalue weighted by atomic mass is 16.6. The van der Waals surface area contributed by atoms with E-state index in [1.807, 2.05) is 4.90 Å². The van der Waals surface area contributed by atoms with Crippen molar-refractivity contribution in [1.82, 2.24) is 25.5 Å². The molecular weight excluding hydrogens is 492 g/mol. The molecule has 2 aliphatic heterocycles. The number of hydrogen-bond acceptors (Lipinski definition) is 11. The third-order valence-electron chi connectivity index (χ3n) is 6.71. The number of dihydropyridines is 1. The Morgan fingerprint density at radius 1 is 1.13 bits per heavy atom. The van der Waals surface area contributed by atoms with Crippen LogP contribution in [0.15, 0.2) is 65.3 Å².